The number of rotatable bonds is 3. The third-order valence-electron chi connectivity index (χ3n) is 2.29. The maximum absolute atomic E-state index is 5.30. The van der Waals surface area contributed by atoms with Crippen LogP contribution in [0.4, 0.5) is 0 Å². The van der Waals surface area contributed by atoms with Gasteiger partial charge in [0.25, 0.3) is 0 Å². The van der Waals surface area contributed by atoms with Crippen LogP contribution in [0.15, 0.2) is 11.2 Å². The molecule has 1 atom stereocenters. The van der Waals surface area contributed by atoms with Gasteiger partial charge >= 0.3 is 0 Å². The van der Waals surface area contributed by atoms with E-state index in [1.54, 1.807) is 13.3 Å². The summed E-state index contributed by atoms with van der Waals surface area (Å²) in [6.45, 7) is 2.62. The van der Waals surface area contributed by atoms with Gasteiger partial charge in [0.05, 0.1) is 19.0 Å². The third kappa shape index (κ3) is 2.17. The van der Waals surface area contributed by atoms with E-state index in [9.17, 15) is 0 Å². The number of nitrogens with zero attached hydrogens (tertiary/aromatic N) is 4. The van der Waals surface area contributed by atoms with Gasteiger partial charge in [0.15, 0.2) is 0 Å². The molecule has 1 aromatic heterocycles. The van der Waals surface area contributed by atoms with Gasteiger partial charge in [-0.15, -0.1) is 5.10 Å². The van der Waals surface area contributed by atoms with Crippen molar-refractivity contribution in [2.75, 3.05) is 20.3 Å². The van der Waals surface area contributed by atoms with E-state index in [-0.39, 0.29) is 0 Å². The zero-order valence-electron chi connectivity index (χ0n) is 8.26. The summed E-state index contributed by atoms with van der Waals surface area (Å²) < 4.78 is 7.15. The number of hydrogen-bond acceptors (Lipinski definition) is 4. The molecule has 1 fully saturated rings. The van der Waals surface area contributed by atoms with E-state index in [0.717, 1.165) is 31.9 Å². The molecule has 0 radical (unpaired) electrons. The summed E-state index contributed by atoms with van der Waals surface area (Å²) in [5.74, 6) is 0.586. The first kappa shape index (κ1) is 9.33. The maximum Gasteiger partial charge on any atom is 0.123 e. The van der Waals surface area contributed by atoms with Gasteiger partial charge in [-0.1, -0.05) is 5.21 Å². The summed E-state index contributed by atoms with van der Waals surface area (Å²) >= 11 is 0. The van der Waals surface area contributed by atoms with Crippen molar-refractivity contribution in [2.45, 2.75) is 13.0 Å². The molecule has 2 rings (SSSR count). The predicted molar refractivity (Wildman–Crippen MR) is 52.5 cm³/mol. The molecule has 0 amide bonds. The minimum atomic E-state index is 0.586. The second-order valence-corrected chi connectivity index (χ2v) is 3.48. The van der Waals surface area contributed by atoms with Crippen LogP contribution in [-0.2, 0) is 11.3 Å². The van der Waals surface area contributed by atoms with Gasteiger partial charge in [-0.25, -0.2) is 0 Å². The zero-order valence-corrected chi connectivity index (χ0v) is 8.26. The van der Waals surface area contributed by atoms with E-state index in [0.29, 0.717) is 5.92 Å². The van der Waals surface area contributed by atoms with E-state index in [1.807, 2.05) is 10.9 Å². The van der Waals surface area contributed by atoms with Crippen LogP contribution in [-0.4, -0.2) is 41.5 Å². The molecule has 1 aromatic rings. The summed E-state index contributed by atoms with van der Waals surface area (Å²) in [6.07, 6.45) is 4.73. The fourth-order valence-electron chi connectivity index (χ4n) is 1.59. The second-order valence-electron chi connectivity index (χ2n) is 3.48. The molecule has 1 aliphatic rings. The molecule has 1 saturated heterocycles. The van der Waals surface area contributed by atoms with Crippen molar-refractivity contribution in [2.24, 2.45) is 10.9 Å². The van der Waals surface area contributed by atoms with Crippen molar-refractivity contribution in [1.82, 2.24) is 15.0 Å². The van der Waals surface area contributed by atoms with Crippen LogP contribution in [0.1, 0.15) is 12.1 Å². The lowest BCUT2D eigenvalue weighted by molar-refractivity contribution is 0.181. The molecule has 5 heteroatoms. The third-order valence-corrected chi connectivity index (χ3v) is 2.29. The Labute approximate surface area is 82.8 Å². The Morgan fingerprint density at radius 1 is 1.79 bits per heavy atom. The van der Waals surface area contributed by atoms with Crippen LogP contribution in [0.3, 0.4) is 0 Å². The van der Waals surface area contributed by atoms with Crippen LogP contribution in [0.25, 0.3) is 0 Å². The number of aliphatic imine (C=N–C) groups is 1. The van der Waals surface area contributed by atoms with Crippen molar-refractivity contribution < 1.29 is 4.74 Å². The Bertz CT molecular complexity index is 314. The molecule has 1 aliphatic heterocycles. The first-order valence-corrected chi connectivity index (χ1v) is 4.78. The standard InChI is InChI=1S/C9H14N4O/c1-10-4-9-6-13(12-11-9)5-8-2-3-14-7-8/h4,6,8H,2-3,5,7H2,1H3/t8-/m0/s1. The molecule has 0 N–H and O–H groups in total. The largest absolute Gasteiger partial charge is 0.381 e. The highest BCUT2D eigenvalue weighted by molar-refractivity contribution is 5.75. The Morgan fingerprint density at radius 2 is 2.71 bits per heavy atom. The molecule has 76 valence electrons. The Morgan fingerprint density at radius 3 is 3.43 bits per heavy atom. The number of ether oxygens (including phenoxy) is 1. The lowest BCUT2D eigenvalue weighted by Gasteiger charge is -2.05. The van der Waals surface area contributed by atoms with Crippen molar-refractivity contribution in [3.05, 3.63) is 11.9 Å². The fraction of sp³-hybridized carbons (Fsp3) is 0.667. The van der Waals surface area contributed by atoms with Gasteiger partial charge in [0, 0.05) is 26.1 Å². The first-order chi connectivity index (χ1) is 6.88. The monoisotopic (exact) mass is 194 g/mol. The van der Waals surface area contributed by atoms with E-state index < -0.39 is 0 Å². The number of hydrogen-bond donors (Lipinski definition) is 0. The minimum absolute atomic E-state index is 0.586. The molecule has 2 heterocycles. The van der Waals surface area contributed by atoms with E-state index in [1.165, 1.54) is 0 Å². The smallest absolute Gasteiger partial charge is 0.123 e. The molecular weight excluding hydrogens is 180 g/mol. The fourth-order valence-corrected chi connectivity index (χ4v) is 1.59. The molecule has 0 spiro atoms. The Hall–Kier alpha value is -1.23. The highest BCUT2D eigenvalue weighted by Gasteiger charge is 2.16. The van der Waals surface area contributed by atoms with Gasteiger partial charge in [0.1, 0.15) is 5.69 Å². The second kappa shape index (κ2) is 4.32. The lowest BCUT2D eigenvalue weighted by atomic mass is 10.1. The van der Waals surface area contributed by atoms with Crippen molar-refractivity contribution >= 4 is 6.21 Å². The number of aromatic nitrogens is 3. The van der Waals surface area contributed by atoms with Crippen LogP contribution in [0, 0.1) is 5.92 Å². The minimum Gasteiger partial charge on any atom is -0.381 e. The van der Waals surface area contributed by atoms with Gasteiger partial charge in [0.2, 0.25) is 0 Å². The summed E-state index contributed by atoms with van der Waals surface area (Å²) in [5, 5.41) is 7.99. The predicted octanol–water partition coefficient (Wildman–Crippen LogP) is 0.363. The van der Waals surface area contributed by atoms with Crippen LogP contribution in [0.2, 0.25) is 0 Å². The molecule has 5 nitrogen and oxygen atoms in total. The van der Waals surface area contributed by atoms with Crippen molar-refractivity contribution in [1.29, 1.82) is 0 Å². The molecule has 0 bridgehead atoms. The van der Waals surface area contributed by atoms with Crippen LogP contribution in [0.5, 0.6) is 0 Å². The van der Waals surface area contributed by atoms with Gasteiger partial charge in [-0.2, -0.15) is 0 Å². The average Bonchev–Trinajstić information content (AvgIpc) is 2.79. The molecule has 0 aromatic carbocycles. The lowest BCUT2D eigenvalue weighted by Crippen LogP contribution is -2.11. The van der Waals surface area contributed by atoms with Crippen LogP contribution < -0.4 is 0 Å². The quantitative estimate of drug-likeness (QED) is 0.653. The van der Waals surface area contributed by atoms with Gasteiger partial charge < -0.3 is 4.74 Å². The van der Waals surface area contributed by atoms with E-state index in [2.05, 4.69) is 15.3 Å². The molecule has 0 saturated carbocycles. The summed E-state index contributed by atoms with van der Waals surface area (Å²) in [7, 11) is 1.73. The normalized spacial score (nSPS) is 22.2. The van der Waals surface area contributed by atoms with Crippen LogP contribution >= 0.6 is 0 Å². The van der Waals surface area contributed by atoms with E-state index in [4.69, 9.17) is 4.74 Å². The molecular formula is C9H14N4O. The Kier molecular flexibility index (Phi) is 2.88. The average molecular weight is 194 g/mol. The summed E-state index contributed by atoms with van der Waals surface area (Å²) in [6, 6.07) is 0. The van der Waals surface area contributed by atoms with Gasteiger partial charge in [-0.05, 0) is 6.42 Å². The summed E-state index contributed by atoms with van der Waals surface area (Å²) in [4.78, 5) is 3.89. The highest BCUT2D eigenvalue weighted by atomic mass is 16.5. The molecule has 0 aliphatic carbocycles. The highest BCUT2D eigenvalue weighted by Crippen LogP contribution is 2.13. The SMILES string of the molecule is CN=Cc1cn(C[C@@H]2CCOC2)nn1. The van der Waals surface area contributed by atoms with E-state index >= 15 is 0 Å². The van der Waals surface area contributed by atoms with Gasteiger partial charge in [-0.3, -0.25) is 9.67 Å². The first-order valence-electron chi connectivity index (χ1n) is 4.78. The Balaban J connectivity index is 1.95. The zero-order chi connectivity index (χ0) is 9.80. The van der Waals surface area contributed by atoms with Crippen molar-refractivity contribution in [3.63, 3.8) is 0 Å². The van der Waals surface area contributed by atoms with Crippen molar-refractivity contribution in [3.8, 4) is 0 Å². The maximum atomic E-state index is 5.30. The molecule has 14 heavy (non-hydrogen) atoms. The molecule has 0 unspecified atom stereocenters. The topological polar surface area (TPSA) is 52.3 Å². The summed E-state index contributed by atoms with van der Waals surface area (Å²) in [5.41, 5.74) is 0.811.